The van der Waals surface area contributed by atoms with E-state index in [1.165, 1.54) is 0 Å². The van der Waals surface area contributed by atoms with Crippen LogP contribution in [0.4, 0.5) is 0 Å². The Kier molecular flexibility index (Phi) is 3.43. The van der Waals surface area contributed by atoms with Crippen LogP contribution >= 0.6 is 0 Å². The minimum Gasteiger partial charge on any atom is -0.481 e. The van der Waals surface area contributed by atoms with E-state index in [1.807, 2.05) is 0 Å². The number of carbonyl (C=O) groups is 2. The van der Waals surface area contributed by atoms with Crippen LogP contribution in [0.1, 0.15) is 32.1 Å². The fraction of sp³-hybridized carbons (Fsp3) is 0.818. The summed E-state index contributed by atoms with van der Waals surface area (Å²) < 4.78 is 0. The molecule has 16 heavy (non-hydrogen) atoms. The van der Waals surface area contributed by atoms with Gasteiger partial charge in [0.15, 0.2) is 0 Å². The van der Waals surface area contributed by atoms with Crippen molar-refractivity contribution >= 4 is 11.9 Å². The van der Waals surface area contributed by atoms with Crippen LogP contribution in [0.15, 0.2) is 0 Å². The van der Waals surface area contributed by atoms with E-state index >= 15 is 0 Å². The predicted octanol–water partition coefficient (Wildman–Crippen LogP) is 0.108. The van der Waals surface area contributed by atoms with Crippen molar-refractivity contribution in [3.8, 4) is 0 Å². The van der Waals surface area contributed by atoms with E-state index < -0.39 is 5.97 Å². The highest BCUT2D eigenvalue weighted by Gasteiger charge is 2.30. The van der Waals surface area contributed by atoms with Gasteiger partial charge in [0.05, 0.1) is 12.5 Å². The first-order valence-corrected chi connectivity index (χ1v) is 5.90. The van der Waals surface area contributed by atoms with E-state index in [0.29, 0.717) is 25.4 Å². The van der Waals surface area contributed by atoms with Crippen LogP contribution in [0.2, 0.25) is 0 Å². The molecule has 0 aromatic rings. The van der Waals surface area contributed by atoms with Crippen molar-refractivity contribution in [2.24, 2.45) is 5.92 Å². The first kappa shape index (κ1) is 11.4. The van der Waals surface area contributed by atoms with Gasteiger partial charge in [-0.05, 0) is 32.1 Å². The lowest BCUT2D eigenvalue weighted by molar-refractivity contribution is -0.141. The summed E-state index contributed by atoms with van der Waals surface area (Å²) in [6.07, 6.45) is 4.36. The lowest BCUT2D eigenvalue weighted by Gasteiger charge is -2.12. The molecule has 2 atom stereocenters. The summed E-state index contributed by atoms with van der Waals surface area (Å²) in [6, 6.07) is 0.579. The smallest absolute Gasteiger partial charge is 0.306 e. The van der Waals surface area contributed by atoms with Crippen molar-refractivity contribution in [1.29, 1.82) is 0 Å². The maximum Gasteiger partial charge on any atom is 0.306 e. The molecule has 2 fully saturated rings. The molecular formula is C11H18N2O3. The van der Waals surface area contributed by atoms with E-state index in [-0.39, 0.29) is 17.9 Å². The Morgan fingerprint density at radius 3 is 2.38 bits per heavy atom. The Morgan fingerprint density at radius 2 is 1.81 bits per heavy atom. The van der Waals surface area contributed by atoms with Gasteiger partial charge in [0.25, 0.3) is 0 Å². The molecule has 2 aliphatic carbocycles. The number of amides is 1. The average molecular weight is 226 g/mol. The fourth-order valence-electron chi connectivity index (χ4n) is 2.14. The highest BCUT2D eigenvalue weighted by molar-refractivity contribution is 5.78. The predicted molar refractivity (Wildman–Crippen MR) is 57.9 cm³/mol. The molecule has 5 heteroatoms. The van der Waals surface area contributed by atoms with E-state index in [1.54, 1.807) is 0 Å². The molecule has 0 aromatic carbocycles. The Hall–Kier alpha value is -1.10. The van der Waals surface area contributed by atoms with E-state index in [9.17, 15) is 9.59 Å². The fourth-order valence-corrected chi connectivity index (χ4v) is 2.14. The lowest BCUT2D eigenvalue weighted by atomic mass is 10.1. The van der Waals surface area contributed by atoms with Gasteiger partial charge in [0, 0.05) is 12.1 Å². The Bertz CT molecular complexity index is 289. The molecule has 0 aromatic heterocycles. The zero-order valence-electron chi connectivity index (χ0n) is 9.24. The molecule has 2 aliphatic rings. The molecule has 1 amide bonds. The van der Waals surface area contributed by atoms with Gasteiger partial charge < -0.3 is 15.7 Å². The third kappa shape index (κ3) is 3.20. The third-order valence-corrected chi connectivity index (χ3v) is 3.28. The van der Waals surface area contributed by atoms with Gasteiger partial charge in [0.1, 0.15) is 0 Å². The molecule has 0 bridgehead atoms. The van der Waals surface area contributed by atoms with Crippen LogP contribution in [0, 0.1) is 5.92 Å². The second-order valence-corrected chi connectivity index (χ2v) is 4.77. The molecule has 0 spiro atoms. The van der Waals surface area contributed by atoms with Crippen LogP contribution in [0.3, 0.4) is 0 Å². The highest BCUT2D eigenvalue weighted by Crippen LogP contribution is 2.25. The number of aliphatic carboxylic acids is 1. The minimum atomic E-state index is -0.743. The molecule has 2 saturated carbocycles. The van der Waals surface area contributed by atoms with Gasteiger partial charge in [-0.3, -0.25) is 9.59 Å². The second-order valence-electron chi connectivity index (χ2n) is 4.77. The first-order valence-electron chi connectivity index (χ1n) is 5.90. The van der Waals surface area contributed by atoms with Gasteiger partial charge >= 0.3 is 5.97 Å². The standard InChI is InChI=1S/C11H18N2O3/c14-10(6-12-8-3-4-8)13-9-2-1-7(5-9)11(15)16/h7-9,12H,1-6H2,(H,13,14)(H,15,16). The molecule has 0 radical (unpaired) electrons. The van der Waals surface area contributed by atoms with Crippen molar-refractivity contribution in [2.75, 3.05) is 6.54 Å². The monoisotopic (exact) mass is 226 g/mol. The molecule has 0 saturated heterocycles. The molecule has 90 valence electrons. The minimum absolute atomic E-state index is 0.0112. The summed E-state index contributed by atoms with van der Waals surface area (Å²) in [6.45, 7) is 0.360. The first-order chi connectivity index (χ1) is 7.65. The van der Waals surface area contributed by atoms with Gasteiger partial charge in [-0.15, -0.1) is 0 Å². The van der Waals surface area contributed by atoms with Gasteiger partial charge in [-0.2, -0.15) is 0 Å². The lowest BCUT2D eigenvalue weighted by Crippen LogP contribution is -2.40. The zero-order valence-corrected chi connectivity index (χ0v) is 9.24. The van der Waals surface area contributed by atoms with Crippen molar-refractivity contribution in [3.63, 3.8) is 0 Å². The van der Waals surface area contributed by atoms with E-state index in [4.69, 9.17) is 5.11 Å². The highest BCUT2D eigenvalue weighted by atomic mass is 16.4. The SMILES string of the molecule is O=C(CNC1CC1)NC1CCC(C(=O)O)C1. The van der Waals surface area contributed by atoms with Crippen molar-refractivity contribution < 1.29 is 14.7 Å². The molecule has 0 heterocycles. The Morgan fingerprint density at radius 1 is 1.12 bits per heavy atom. The van der Waals surface area contributed by atoms with Gasteiger partial charge in [-0.25, -0.2) is 0 Å². The van der Waals surface area contributed by atoms with Gasteiger partial charge in [-0.1, -0.05) is 0 Å². The zero-order chi connectivity index (χ0) is 11.5. The quantitative estimate of drug-likeness (QED) is 0.621. The Labute approximate surface area is 94.6 Å². The number of hydrogen-bond acceptors (Lipinski definition) is 3. The number of carboxylic acids is 1. The third-order valence-electron chi connectivity index (χ3n) is 3.28. The molecule has 3 N–H and O–H groups in total. The van der Waals surface area contributed by atoms with Crippen LogP contribution in [0.5, 0.6) is 0 Å². The maximum absolute atomic E-state index is 11.5. The molecule has 0 aliphatic heterocycles. The number of hydrogen-bond donors (Lipinski definition) is 3. The van der Waals surface area contributed by atoms with Crippen LogP contribution in [-0.4, -0.2) is 35.6 Å². The summed E-state index contributed by atoms with van der Waals surface area (Å²) in [5.74, 6) is -1.03. The second kappa shape index (κ2) is 4.82. The van der Waals surface area contributed by atoms with E-state index in [2.05, 4.69) is 10.6 Å². The molecule has 5 nitrogen and oxygen atoms in total. The maximum atomic E-state index is 11.5. The normalized spacial score (nSPS) is 29.0. The van der Waals surface area contributed by atoms with Crippen molar-refractivity contribution in [1.82, 2.24) is 10.6 Å². The van der Waals surface area contributed by atoms with Crippen LogP contribution in [-0.2, 0) is 9.59 Å². The van der Waals surface area contributed by atoms with Crippen molar-refractivity contribution in [3.05, 3.63) is 0 Å². The number of carboxylic acid groups (broad SMARTS) is 1. The van der Waals surface area contributed by atoms with E-state index in [0.717, 1.165) is 19.3 Å². The molecule has 2 rings (SSSR count). The average Bonchev–Trinajstić information content (AvgIpc) is 2.95. The number of rotatable bonds is 5. The molecule has 2 unspecified atom stereocenters. The topological polar surface area (TPSA) is 78.4 Å². The summed E-state index contributed by atoms with van der Waals surface area (Å²) in [4.78, 5) is 22.2. The van der Waals surface area contributed by atoms with Gasteiger partial charge in [0.2, 0.25) is 5.91 Å². The summed E-state index contributed by atoms with van der Waals surface area (Å²) in [5.41, 5.74) is 0. The van der Waals surface area contributed by atoms with Crippen LogP contribution < -0.4 is 10.6 Å². The van der Waals surface area contributed by atoms with Crippen LogP contribution in [0.25, 0.3) is 0 Å². The molecular weight excluding hydrogens is 208 g/mol. The van der Waals surface area contributed by atoms with Crippen molar-refractivity contribution in [2.45, 2.75) is 44.2 Å². The summed E-state index contributed by atoms with van der Waals surface area (Å²) in [7, 11) is 0. The number of nitrogens with one attached hydrogen (secondary N) is 2. The Balaban J connectivity index is 1.65. The summed E-state index contributed by atoms with van der Waals surface area (Å²) in [5, 5.41) is 14.8. The largest absolute Gasteiger partial charge is 0.481 e. The number of carbonyl (C=O) groups excluding carboxylic acids is 1. The summed E-state index contributed by atoms with van der Waals surface area (Å²) >= 11 is 0.